The predicted octanol–water partition coefficient (Wildman–Crippen LogP) is 2.22. The molecule has 0 heterocycles. The van der Waals surface area contributed by atoms with E-state index in [0.29, 0.717) is 5.75 Å². The summed E-state index contributed by atoms with van der Waals surface area (Å²) < 4.78 is 5.01. The largest absolute Gasteiger partial charge is 0.497 e. The smallest absolute Gasteiger partial charge is 0.316 e. The summed E-state index contributed by atoms with van der Waals surface area (Å²) in [5.74, 6) is -0.327. The van der Waals surface area contributed by atoms with E-state index >= 15 is 0 Å². The molecule has 6 nitrogen and oxygen atoms in total. The van der Waals surface area contributed by atoms with E-state index in [4.69, 9.17) is 9.84 Å². The minimum atomic E-state index is -0.980. The van der Waals surface area contributed by atoms with Crippen molar-refractivity contribution < 1.29 is 19.6 Å². The van der Waals surface area contributed by atoms with Crippen molar-refractivity contribution in [3.8, 4) is 5.75 Å². The average Bonchev–Trinajstić information content (AvgIpc) is 2.37. The summed E-state index contributed by atoms with van der Waals surface area (Å²) in [6.45, 7) is 1.21. The van der Waals surface area contributed by atoms with E-state index in [1.54, 1.807) is 24.3 Å². The van der Waals surface area contributed by atoms with Crippen LogP contribution in [0.25, 0.3) is 0 Å². The van der Waals surface area contributed by atoms with Gasteiger partial charge in [0, 0.05) is 4.92 Å². The van der Waals surface area contributed by atoms with E-state index in [9.17, 15) is 14.9 Å². The molecule has 1 aromatic rings. The first-order valence-electron chi connectivity index (χ1n) is 5.58. The summed E-state index contributed by atoms with van der Waals surface area (Å²) in [6.07, 6.45) is 0. The van der Waals surface area contributed by atoms with Gasteiger partial charge in [-0.2, -0.15) is 0 Å². The van der Waals surface area contributed by atoms with Gasteiger partial charge in [-0.25, -0.2) is 0 Å². The third kappa shape index (κ3) is 4.78. The Balaban J connectivity index is 2.88. The molecule has 0 saturated carbocycles. The Hall–Kier alpha value is -1.76. The normalized spacial score (nSPS) is 13.6. The minimum Gasteiger partial charge on any atom is -0.497 e. The molecule has 0 bridgehead atoms. The average molecular weight is 285 g/mol. The molecule has 0 amide bonds. The molecule has 1 N–H and O–H groups in total. The summed E-state index contributed by atoms with van der Waals surface area (Å²) in [7, 11) is 1.53. The summed E-state index contributed by atoms with van der Waals surface area (Å²) in [6, 6.07) is 6.84. The van der Waals surface area contributed by atoms with Crippen LogP contribution in [0, 0.1) is 10.1 Å². The number of thioether (sulfide) groups is 1. The number of rotatable bonds is 7. The number of nitrogens with zero attached hydrogens (tertiary/aromatic N) is 1. The summed E-state index contributed by atoms with van der Waals surface area (Å²) >= 11 is 1.07. The Morgan fingerprint density at radius 3 is 2.47 bits per heavy atom. The molecule has 0 aromatic heterocycles. The highest BCUT2D eigenvalue weighted by Gasteiger charge is 2.24. The third-order valence-electron chi connectivity index (χ3n) is 2.52. The number of nitro groups is 1. The standard InChI is InChI=1S/C12H15NO5S/c1-8(12(14)15)19-11(7-13(16)17)9-3-5-10(18-2)6-4-9/h3-6,8,11H,7H2,1-2H3,(H,14,15). The summed E-state index contributed by atoms with van der Waals surface area (Å²) in [4.78, 5) is 21.1. The van der Waals surface area contributed by atoms with Crippen LogP contribution in [0.1, 0.15) is 17.7 Å². The molecule has 104 valence electrons. The highest BCUT2D eigenvalue weighted by molar-refractivity contribution is 8.00. The second-order valence-electron chi connectivity index (χ2n) is 3.89. The maximum absolute atomic E-state index is 10.8. The molecule has 0 saturated heterocycles. The number of hydrogen-bond acceptors (Lipinski definition) is 5. The van der Waals surface area contributed by atoms with Crippen LogP contribution in [0.2, 0.25) is 0 Å². The molecule has 7 heteroatoms. The lowest BCUT2D eigenvalue weighted by Crippen LogP contribution is -2.18. The van der Waals surface area contributed by atoms with Crippen molar-refractivity contribution in [2.75, 3.05) is 13.7 Å². The SMILES string of the molecule is COc1ccc(C(C[N+](=O)[O-])SC(C)C(=O)O)cc1. The number of carboxylic acids is 1. The van der Waals surface area contributed by atoms with Gasteiger partial charge in [-0.1, -0.05) is 12.1 Å². The summed E-state index contributed by atoms with van der Waals surface area (Å²) in [5.41, 5.74) is 0.718. The van der Waals surface area contributed by atoms with Crippen LogP contribution in [0.3, 0.4) is 0 Å². The molecule has 0 radical (unpaired) electrons. The van der Waals surface area contributed by atoms with E-state index in [2.05, 4.69) is 0 Å². The first kappa shape index (κ1) is 15.3. The van der Waals surface area contributed by atoms with E-state index < -0.39 is 21.4 Å². The van der Waals surface area contributed by atoms with Gasteiger partial charge in [0.1, 0.15) is 11.0 Å². The fraction of sp³-hybridized carbons (Fsp3) is 0.417. The number of ether oxygens (including phenoxy) is 1. The van der Waals surface area contributed by atoms with Crippen LogP contribution in [-0.2, 0) is 4.79 Å². The lowest BCUT2D eigenvalue weighted by molar-refractivity contribution is -0.479. The number of hydrogen-bond donors (Lipinski definition) is 1. The van der Waals surface area contributed by atoms with Crippen molar-refractivity contribution in [3.05, 3.63) is 39.9 Å². The van der Waals surface area contributed by atoms with Crippen molar-refractivity contribution in [2.24, 2.45) is 0 Å². The van der Waals surface area contributed by atoms with Gasteiger partial charge in [-0.15, -0.1) is 11.8 Å². The lowest BCUT2D eigenvalue weighted by atomic mass is 10.1. The van der Waals surface area contributed by atoms with Crippen molar-refractivity contribution >= 4 is 17.7 Å². The molecule has 0 spiro atoms. The molecular weight excluding hydrogens is 270 g/mol. The van der Waals surface area contributed by atoms with Crippen molar-refractivity contribution in [1.82, 2.24) is 0 Å². The number of methoxy groups -OCH3 is 1. The summed E-state index contributed by atoms with van der Waals surface area (Å²) in [5, 5.41) is 18.4. The van der Waals surface area contributed by atoms with Crippen LogP contribution in [0.15, 0.2) is 24.3 Å². The monoisotopic (exact) mass is 285 g/mol. The maximum atomic E-state index is 10.8. The number of aliphatic carboxylic acids is 1. The zero-order valence-corrected chi connectivity index (χ0v) is 11.4. The first-order valence-corrected chi connectivity index (χ1v) is 6.52. The highest BCUT2D eigenvalue weighted by atomic mass is 32.2. The second-order valence-corrected chi connectivity index (χ2v) is 5.44. The van der Waals surface area contributed by atoms with E-state index in [0.717, 1.165) is 17.3 Å². The van der Waals surface area contributed by atoms with E-state index in [-0.39, 0.29) is 6.54 Å². The minimum absolute atomic E-state index is 0.311. The molecule has 2 unspecified atom stereocenters. The highest BCUT2D eigenvalue weighted by Crippen LogP contribution is 2.33. The quantitative estimate of drug-likeness (QED) is 0.610. The molecule has 1 aromatic carbocycles. The number of benzene rings is 1. The van der Waals surface area contributed by atoms with Crippen LogP contribution in [-0.4, -0.2) is 34.9 Å². The molecular formula is C12H15NO5S. The van der Waals surface area contributed by atoms with Gasteiger partial charge >= 0.3 is 5.97 Å². The zero-order valence-electron chi connectivity index (χ0n) is 10.6. The Kier molecular flexibility index (Phi) is 5.62. The van der Waals surface area contributed by atoms with Gasteiger partial charge in [0.25, 0.3) is 0 Å². The number of carboxylic acid groups (broad SMARTS) is 1. The zero-order chi connectivity index (χ0) is 14.4. The van der Waals surface area contributed by atoms with Crippen LogP contribution in [0.4, 0.5) is 0 Å². The van der Waals surface area contributed by atoms with Crippen LogP contribution in [0.5, 0.6) is 5.75 Å². The van der Waals surface area contributed by atoms with E-state index in [1.165, 1.54) is 14.0 Å². The van der Waals surface area contributed by atoms with Gasteiger partial charge < -0.3 is 9.84 Å². The maximum Gasteiger partial charge on any atom is 0.316 e. The molecule has 19 heavy (non-hydrogen) atoms. The van der Waals surface area contributed by atoms with Gasteiger partial charge in [0.05, 0.1) is 12.4 Å². The fourth-order valence-corrected chi connectivity index (χ4v) is 2.62. The lowest BCUT2D eigenvalue weighted by Gasteiger charge is -2.15. The van der Waals surface area contributed by atoms with Crippen molar-refractivity contribution in [1.29, 1.82) is 0 Å². The van der Waals surface area contributed by atoms with Gasteiger partial charge in [-0.3, -0.25) is 14.9 Å². The van der Waals surface area contributed by atoms with Crippen molar-refractivity contribution in [3.63, 3.8) is 0 Å². The number of carbonyl (C=O) groups is 1. The Morgan fingerprint density at radius 2 is 2.05 bits per heavy atom. The van der Waals surface area contributed by atoms with Crippen LogP contribution >= 0.6 is 11.8 Å². The molecule has 1 rings (SSSR count). The van der Waals surface area contributed by atoms with Crippen LogP contribution < -0.4 is 4.74 Å². The third-order valence-corrected chi connectivity index (χ3v) is 3.88. The topological polar surface area (TPSA) is 89.7 Å². The Bertz CT molecular complexity index is 448. The molecule has 0 fully saturated rings. The van der Waals surface area contributed by atoms with Gasteiger partial charge in [0.15, 0.2) is 0 Å². The first-order chi connectivity index (χ1) is 8.93. The molecule has 0 aliphatic carbocycles. The van der Waals surface area contributed by atoms with Gasteiger partial charge in [-0.05, 0) is 24.6 Å². The second kappa shape index (κ2) is 6.98. The van der Waals surface area contributed by atoms with E-state index in [1.807, 2.05) is 0 Å². The van der Waals surface area contributed by atoms with Gasteiger partial charge in [0.2, 0.25) is 6.54 Å². The molecule has 0 aliphatic heterocycles. The Labute approximate surface area is 114 Å². The van der Waals surface area contributed by atoms with Crippen molar-refractivity contribution in [2.45, 2.75) is 17.4 Å². The predicted molar refractivity (Wildman–Crippen MR) is 72.3 cm³/mol. The Morgan fingerprint density at radius 1 is 1.47 bits per heavy atom. The molecule has 2 atom stereocenters. The fourth-order valence-electron chi connectivity index (χ4n) is 1.49. The molecule has 0 aliphatic rings.